The van der Waals surface area contributed by atoms with Crippen LogP contribution >= 0.6 is 0 Å². The van der Waals surface area contributed by atoms with Crippen LogP contribution in [-0.4, -0.2) is 17.2 Å². The van der Waals surface area contributed by atoms with Crippen LogP contribution in [0.25, 0.3) is 0 Å². The molecule has 2 amide bonds. The van der Waals surface area contributed by atoms with Gasteiger partial charge in [0.15, 0.2) is 0 Å². The van der Waals surface area contributed by atoms with Gasteiger partial charge < -0.3 is 15.7 Å². The van der Waals surface area contributed by atoms with Crippen LogP contribution in [0.5, 0.6) is 0 Å². The zero-order chi connectivity index (χ0) is 11.5. The lowest BCUT2D eigenvalue weighted by atomic mass is 10.1. The molecule has 16 heavy (non-hydrogen) atoms. The summed E-state index contributed by atoms with van der Waals surface area (Å²) in [4.78, 5) is 11.4. The Labute approximate surface area is 94.7 Å². The topological polar surface area (TPSA) is 61.4 Å². The summed E-state index contributed by atoms with van der Waals surface area (Å²) < 4.78 is 0. The van der Waals surface area contributed by atoms with Crippen LogP contribution < -0.4 is 10.6 Å². The first-order valence-electron chi connectivity index (χ1n) is 5.50. The quantitative estimate of drug-likeness (QED) is 0.729. The fourth-order valence-electron chi connectivity index (χ4n) is 1.43. The second kappa shape index (κ2) is 4.53. The van der Waals surface area contributed by atoms with Crippen molar-refractivity contribution in [2.75, 3.05) is 5.32 Å². The molecule has 1 saturated carbocycles. The summed E-state index contributed by atoms with van der Waals surface area (Å²) in [5, 5.41) is 14.9. The van der Waals surface area contributed by atoms with E-state index in [9.17, 15) is 9.90 Å². The molecule has 3 N–H and O–H groups in total. The molecule has 0 aliphatic heterocycles. The van der Waals surface area contributed by atoms with Gasteiger partial charge in [-0.25, -0.2) is 4.79 Å². The van der Waals surface area contributed by atoms with E-state index in [1.807, 2.05) is 0 Å². The van der Waals surface area contributed by atoms with E-state index in [1.54, 1.807) is 31.2 Å². The van der Waals surface area contributed by atoms with Gasteiger partial charge in [-0.1, -0.05) is 12.1 Å². The van der Waals surface area contributed by atoms with E-state index in [4.69, 9.17) is 0 Å². The maximum Gasteiger partial charge on any atom is 0.319 e. The third-order valence-electron chi connectivity index (χ3n) is 2.56. The minimum Gasteiger partial charge on any atom is -0.389 e. The van der Waals surface area contributed by atoms with Gasteiger partial charge in [-0.15, -0.1) is 0 Å². The summed E-state index contributed by atoms with van der Waals surface area (Å²) >= 11 is 0. The van der Waals surface area contributed by atoms with E-state index in [1.165, 1.54) is 0 Å². The first-order valence-corrected chi connectivity index (χ1v) is 5.50. The lowest BCUT2D eigenvalue weighted by Gasteiger charge is -2.08. The van der Waals surface area contributed by atoms with Crippen LogP contribution in [0.1, 0.15) is 31.4 Å². The van der Waals surface area contributed by atoms with Crippen molar-refractivity contribution in [3.63, 3.8) is 0 Å². The van der Waals surface area contributed by atoms with Gasteiger partial charge in [0.1, 0.15) is 0 Å². The van der Waals surface area contributed by atoms with Crippen molar-refractivity contribution in [3.8, 4) is 0 Å². The van der Waals surface area contributed by atoms with Crippen LogP contribution in [-0.2, 0) is 0 Å². The number of hydrogen-bond donors (Lipinski definition) is 3. The Morgan fingerprint density at radius 2 is 2.00 bits per heavy atom. The second-order valence-corrected chi connectivity index (χ2v) is 4.17. The molecule has 0 heterocycles. The van der Waals surface area contributed by atoms with Crippen molar-refractivity contribution in [1.82, 2.24) is 5.32 Å². The van der Waals surface area contributed by atoms with Gasteiger partial charge in [-0.2, -0.15) is 0 Å². The first kappa shape index (κ1) is 11.0. The molecule has 0 saturated heterocycles. The second-order valence-electron chi connectivity index (χ2n) is 4.17. The summed E-state index contributed by atoms with van der Waals surface area (Å²) in [7, 11) is 0. The van der Waals surface area contributed by atoms with E-state index in [0.29, 0.717) is 6.04 Å². The summed E-state index contributed by atoms with van der Waals surface area (Å²) in [5.74, 6) is 0. The van der Waals surface area contributed by atoms with Crippen molar-refractivity contribution >= 4 is 11.7 Å². The first-order chi connectivity index (χ1) is 7.65. The molecule has 1 fully saturated rings. The van der Waals surface area contributed by atoms with Crippen LogP contribution in [0.4, 0.5) is 10.5 Å². The zero-order valence-electron chi connectivity index (χ0n) is 9.23. The number of nitrogens with one attached hydrogen (secondary N) is 2. The minimum absolute atomic E-state index is 0.160. The molecule has 1 aliphatic carbocycles. The number of hydrogen-bond acceptors (Lipinski definition) is 2. The highest BCUT2D eigenvalue weighted by Crippen LogP contribution is 2.19. The monoisotopic (exact) mass is 220 g/mol. The van der Waals surface area contributed by atoms with Gasteiger partial charge in [0.05, 0.1) is 6.10 Å². The molecule has 1 aromatic carbocycles. The normalized spacial score (nSPS) is 16.6. The highest BCUT2D eigenvalue weighted by atomic mass is 16.3. The Kier molecular flexibility index (Phi) is 3.10. The van der Waals surface area contributed by atoms with Crippen molar-refractivity contribution in [2.24, 2.45) is 0 Å². The number of aliphatic hydroxyl groups excluding tert-OH is 1. The fraction of sp³-hybridized carbons (Fsp3) is 0.417. The highest BCUT2D eigenvalue weighted by Gasteiger charge is 2.23. The average molecular weight is 220 g/mol. The molecule has 86 valence electrons. The molecule has 0 spiro atoms. The highest BCUT2D eigenvalue weighted by molar-refractivity contribution is 5.89. The van der Waals surface area contributed by atoms with Gasteiger partial charge in [0, 0.05) is 11.7 Å². The molecule has 1 atom stereocenters. The van der Waals surface area contributed by atoms with E-state index in [-0.39, 0.29) is 6.03 Å². The number of anilines is 1. The number of amides is 2. The summed E-state index contributed by atoms with van der Waals surface area (Å²) in [6.07, 6.45) is 1.68. The summed E-state index contributed by atoms with van der Waals surface area (Å²) in [5.41, 5.74) is 1.58. The number of rotatable bonds is 3. The van der Waals surface area contributed by atoms with Crippen LogP contribution in [0.2, 0.25) is 0 Å². The molecule has 1 aliphatic rings. The van der Waals surface area contributed by atoms with E-state index in [2.05, 4.69) is 10.6 Å². The maximum absolute atomic E-state index is 11.4. The van der Waals surface area contributed by atoms with Gasteiger partial charge in [-0.05, 0) is 37.5 Å². The predicted molar refractivity (Wildman–Crippen MR) is 62.3 cm³/mol. The summed E-state index contributed by atoms with van der Waals surface area (Å²) in [6.45, 7) is 1.71. The van der Waals surface area contributed by atoms with Crippen molar-refractivity contribution in [1.29, 1.82) is 0 Å². The molecular formula is C12H16N2O2. The molecular weight excluding hydrogens is 204 g/mol. The van der Waals surface area contributed by atoms with Gasteiger partial charge in [0.25, 0.3) is 0 Å². The number of carbonyl (C=O) groups excluding carboxylic acids is 1. The third kappa shape index (κ3) is 2.97. The van der Waals surface area contributed by atoms with Crippen molar-refractivity contribution in [2.45, 2.75) is 31.9 Å². The minimum atomic E-state index is -0.477. The van der Waals surface area contributed by atoms with Gasteiger partial charge >= 0.3 is 6.03 Å². The third-order valence-corrected chi connectivity index (χ3v) is 2.56. The molecule has 1 unspecified atom stereocenters. The van der Waals surface area contributed by atoms with Crippen molar-refractivity contribution in [3.05, 3.63) is 29.8 Å². The van der Waals surface area contributed by atoms with Crippen LogP contribution in [0, 0.1) is 0 Å². The Morgan fingerprint density at radius 3 is 2.50 bits per heavy atom. The largest absolute Gasteiger partial charge is 0.389 e. The Balaban J connectivity index is 1.90. The lowest BCUT2D eigenvalue weighted by molar-refractivity contribution is 0.199. The smallest absolute Gasteiger partial charge is 0.319 e. The summed E-state index contributed by atoms with van der Waals surface area (Å²) in [6, 6.07) is 7.38. The molecule has 0 aromatic heterocycles. The molecule has 2 rings (SSSR count). The lowest BCUT2D eigenvalue weighted by Crippen LogP contribution is -2.30. The number of benzene rings is 1. The Morgan fingerprint density at radius 1 is 1.38 bits per heavy atom. The predicted octanol–water partition coefficient (Wildman–Crippen LogP) is 2.02. The zero-order valence-corrected chi connectivity index (χ0v) is 9.23. The molecule has 0 radical (unpaired) electrons. The van der Waals surface area contributed by atoms with Gasteiger partial charge in [0.2, 0.25) is 0 Å². The van der Waals surface area contributed by atoms with Crippen LogP contribution in [0.3, 0.4) is 0 Å². The molecule has 4 heteroatoms. The Hall–Kier alpha value is -1.55. The SMILES string of the molecule is CC(O)c1ccc(NC(=O)NC2CC2)cc1. The number of carbonyl (C=O) groups is 1. The average Bonchev–Trinajstić information content (AvgIpc) is 3.02. The number of urea groups is 1. The van der Waals surface area contributed by atoms with E-state index >= 15 is 0 Å². The van der Waals surface area contributed by atoms with Crippen LogP contribution in [0.15, 0.2) is 24.3 Å². The fourth-order valence-corrected chi connectivity index (χ4v) is 1.43. The molecule has 0 bridgehead atoms. The van der Waals surface area contributed by atoms with Gasteiger partial charge in [-0.3, -0.25) is 0 Å². The van der Waals surface area contributed by atoms with Crippen molar-refractivity contribution < 1.29 is 9.90 Å². The maximum atomic E-state index is 11.4. The van der Waals surface area contributed by atoms with E-state index < -0.39 is 6.10 Å². The Bertz CT molecular complexity index is 369. The van der Waals surface area contributed by atoms with E-state index in [0.717, 1.165) is 24.1 Å². The standard InChI is InChI=1S/C12H16N2O2/c1-8(15)9-2-4-10(5-3-9)13-12(16)14-11-6-7-11/h2-5,8,11,15H,6-7H2,1H3,(H2,13,14,16). The molecule has 1 aromatic rings. The number of aliphatic hydroxyl groups is 1. The molecule has 4 nitrogen and oxygen atoms in total.